The van der Waals surface area contributed by atoms with Crippen molar-refractivity contribution in [2.75, 3.05) is 5.32 Å². The van der Waals surface area contributed by atoms with E-state index in [-0.39, 0.29) is 30.7 Å². The van der Waals surface area contributed by atoms with E-state index in [4.69, 9.17) is 0 Å². The molecule has 8 heteroatoms. The number of anilines is 1. The molecule has 3 heterocycles. The second kappa shape index (κ2) is 6.39. The number of rotatable bonds is 3. The van der Waals surface area contributed by atoms with E-state index < -0.39 is 11.9 Å². The van der Waals surface area contributed by atoms with Gasteiger partial charge in [0.25, 0.3) is 11.8 Å². The minimum Gasteiger partial charge on any atom is -0.355 e. The van der Waals surface area contributed by atoms with E-state index in [0.717, 1.165) is 11.3 Å². The minimum absolute atomic E-state index is 0.216. The molecule has 0 spiro atoms. The maximum atomic E-state index is 12.6. The zero-order valence-corrected chi connectivity index (χ0v) is 14.7. The van der Waals surface area contributed by atoms with Crippen LogP contribution in [0, 0.1) is 6.92 Å². The molecule has 1 aromatic heterocycles. The van der Waals surface area contributed by atoms with E-state index >= 15 is 0 Å². The van der Waals surface area contributed by atoms with Gasteiger partial charge in [0, 0.05) is 29.9 Å². The Balaban J connectivity index is 1.51. The molecule has 27 heavy (non-hydrogen) atoms. The van der Waals surface area contributed by atoms with E-state index in [0.29, 0.717) is 23.4 Å². The molecule has 2 aromatic rings. The number of amides is 4. The van der Waals surface area contributed by atoms with Crippen LogP contribution in [0.1, 0.15) is 44.9 Å². The van der Waals surface area contributed by atoms with Crippen LogP contribution in [0.5, 0.6) is 0 Å². The van der Waals surface area contributed by atoms with Crippen molar-refractivity contribution < 1.29 is 19.2 Å². The van der Waals surface area contributed by atoms with Gasteiger partial charge < -0.3 is 15.2 Å². The van der Waals surface area contributed by atoms with Crippen LogP contribution >= 0.6 is 0 Å². The van der Waals surface area contributed by atoms with E-state index in [1.165, 1.54) is 4.90 Å². The molecule has 0 saturated carbocycles. The van der Waals surface area contributed by atoms with Crippen LogP contribution in [-0.4, -0.2) is 39.6 Å². The molecule has 0 radical (unpaired) electrons. The minimum atomic E-state index is -0.650. The van der Waals surface area contributed by atoms with Gasteiger partial charge in [-0.2, -0.15) is 0 Å². The van der Waals surface area contributed by atoms with Gasteiger partial charge in [-0.3, -0.25) is 24.5 Å². The van der Waals surface area contributed by atoms with Gasteiger partial charge in [-0.25, -0.2) is 0 Å². The number of nitrogens with zero attached hydrogens (tertiary/aromatic N) is 1. The smallest absolute Gasteiger partial charge is 0.272 e. The van der Waals surface area contributed by atoms with Crippen LogP contribution in [0.3, 0.4) is 0 Å². The highest BCUT2D eigenvalue weighted by Gasteiger charge is 2.39. The fourth-order valence-corrected chi connectivity index (χ4v) is 3.49. The van der Waals surface area contributed by atoms with Crippen molar-refractivity contribution in [2.24, 2.45) is 0 Å². The monoisotopic (exact) mass is 366 g/mol. The SMILES string of the molecule is Cc1ccc(C(=O)Nc2ccc3c(c2)CN(C2CCC(=O)NC2=O)C3=O)[nH]1. The van der Waals surface area contributed by atoms with Gasteiger partial charge in [-0.15, -0.1) is 0 Å². The van der Waals surface area contributed by atoms with Gasteiger partial charge in [-0.05, 0) is 49.2 Å². The summed E-state index contributed by atoms with van der Waals surface area (Å²) in [6.45, 7) is 2.13. The number of hydrogen-bond acceptors (Lipinski definition) is 4. The molecule has 4 amide bonds. The Morgan fingerprint density at radius 3 is 2.70 bits per heavy atom. The van der Waals surface area contributed by atoms with Crippen LogP contribution in [0.15, 0.2) is 30.3 Å². The van der Waals surface area contributed by atoms with Crippen molar-refractivity contribution in [3.05, 3.63) is 52.8 Å². The first kappa shape index (κ1) is 17.0. The first-order valence-corrected chi connectivity index (χ1v) is 8.67. The molecule has 2 aliphatic rings. The number of aryl methyl sites for hydroxylation is 1. The number of aromatic amines is 1. The Hall–Kier alpha value is -3.42. The Labute approximate surface area is 154 Å². The van der Waals surface area contributed by atoms with E-state index in [1.807, 2.05) is 13.0 Å². The van der Waals surface area contributed by atoms with E-state index in [9.17, 15) is 19.2 Å². The first-order valence-electron chi connectivity index (χ1n) is 8.67. The van der Waals surface area contributed by atoms with Gasteiger partial charge in [0.1, 0.15) is 11.7 Å². The number of carbonyl (C=O) groups excluding carboxylic acids is 4. The fraction of sp³-hybridized carbons (Fsp3) is 0.263. The van der Waals surface area contributed by atoms with Crippen molar-refractivity contribution in [3.8, 4) is 0 Å². The number of nitrogens with one attached hydrogen (secondary N) is 3. The van der Waals surface area contributed by atoms with Crippen molar-refractivity contribution in [3.63, 3.8) is 0 Å². The standard InChI is InChI=1S/C19H18N4O4/c1-10-2-5-14(20-10)17(25)21-12-3-4-13-11(8-12)9-23(19(13)27)15-6-7-16(24)22-18(15)26/h2-5,8,15,20H,6-7,9H2,1H3,(H,21,25)(H,22,24,26). The van der Waals surface area contributed by atoms with E-state index in [2.05, 4.69) is 15.6 Å². The molecule has 1 fully saturated rings. The number of H-pyrrole nitrogens is 1. The first-order chi connectivity index (χ1) is 12.9. The maximum absolute atomic E-state index is 12.6. The second-order valence-corrected chi connectivity index (χ2v) is 6.78. The van der Waals surface area contributed by atoms with Gasteiger partial charge in [0.15, 0.2) is 0 Å². The van der Waals surface area contributed by atoms with Crippen LogP contribution < -0.4 is 10.6 Å². The summed E-state index contributed by atoms with van der Waals surface area (Å²) in [5.41, 5.74) is 3.16. The summed E-state index contributed by atoms with van der Waals surface area (Å²) in [6.07, 6.45) is 0.535. The van der Waals surface area contributed by atoms with Gasteiger partial charge in [-0.1, -0.05) is 0 Å². The molecule has 1 saturated heterocycles. The van der Waals surface area contributed by atoms with Crippen molar-refractivity contribution >= 4 is 29.3 Å². The van der Waals surface area contributed by atoms with Crippen LogP contribution in [0.25, 0.3) is 0 Å². The average Bonchev–Trinajstić information content (AvgIpc) is 3.19. The lowest BCUT2D eigenvalue weighted by Crippen LogP contribution is -2.52. The predicted molar refractivity (Wildman–Crippen MR) is 96.0 cm³/mol. The number of imide groups is 1. The summed E-state index contributed by atoms with van der Waals surface area (Å²) < 4.78 is 0. The van der Waals surface area contributed by atoms with Gasteiger partial charge in [0.2, 0.25) is 11.8 Å². The number of benzene rings is 1. The Kier molecular flexibility index (Phi) is 4.02. The highest BCUT2D eigenvalue weighted by molar-refractivity contribution is 6.06. The molecule has 8 nitrogen and oxygen atoms in total. The molecule has 1 unspecified atom stereocenters. The van der Waals surface area contributed by atoms with Gasteiger partial charge in [0.05, 0.1) is 0 Å². The third-order valence-corrected chi connectivity index (χ3v) is 4.86. The number of aromatic nitrogens is 1. The lowest BCUT2D eigenvalue weighted by molar-refractivity contribution is -0.136. The summed E-state index contributed by atoms with van der Waals surface area (Å²) in [6, 6.07) is 7.92. The number of piperidine rings is 1. The third-order valence-electron chi connectivity index (χ3n) is 4.86. The van der Waals surface area contributed by atoms with Crippen LogP contribution in [0.4, 0.5) is 5.69 Å². The lowest BCUT2D eigenvalue weighted by Gasteiger charge is -2.29. The normalized spacial score (nSPS) is 19.1. The summed E-state index contributed by atoms with van der Waals surface area (Å²) in [4.78, 5) is 52.8. The molecule has 0 bridgehead atoms. The van der Waals surface area contributed by atoms with Crippen molar-refractivity contribution in [1.29, 1.82) is 0 Å². The largest absolute Gasteiger partial charge is 0.355 e. The third kappa shape index (κ3) is 3.10. The van der Waals surface area contributed by atoms with Gasteiger partial charge >= 0.3 is 0 Å². The molecule has 138 valence electrons. The summed E-state index contributed by atoms with van der Waals surface area (Å²) >= 11 is 0. The molecule has 2 aliphatic heterocycles. The predicted octanol–water partition coefficient (Wildman–Crippen LogP) is 1.34. The Morgan fingerprint density at radius 1 is 1.19 bits per heavy atom. The lowest BCUT2D eigenvalue weighted by atomic mass is 10.0. The molecule has 1 atom stereocenters. The molecule has 0 aliphatic carbocycles. The molecule has 4 rings (SSSR count). The zero-order chi connectivity index (χ0) is 19.1. The van der Waals surface area contributed by atoms with Crippen molar-refractivity contribution in [2.45, 2.75) is 32.4 Å². The summed E-state index contributed by atoms with van der Waals surface area (Å²) in [5.74, 6) is -1.26. The fourth-order valence-electron chi connectivity index (χ4n) is 3.49. The number of carbonyl (C=O) groups is 4. The Morgan fingerprint density at radius 2 is 2.00 bits per heavy atom. The van der Waals surface area contributed by atoms with Crippen LogP contribution in [0.2, 0.25) is 0 Å². The Bertz CT molecular complexity index is 978. The van der Waals surface area contributed by atoms with E-state index in [1.54, 1.807) is 24.3 Å². The maximum Gasteiger partial charge on any atom is 0.272 e. The number of fused-ring (bicyclic) bond motifs is 1. The highest BCUT2D eigenvalue weighted by Crippen LogP contribution is 2.29. The average molecular weight is 366 g/mol. The molecule has 1 aromatic carbocycles. The number of hydrogen-bond donors (Lipinski definition) is 3. The van der Waals surface area contributed by atoms with Crippen LogP contribution in [-0.2, 0) is 16.1 Å². The topological polar surface area (TPSA) is 111 Å². The van der Waals surface area contributed by atoms with Crippen molar-refractivity contribution in [1.82, 2.24) is 15.2 Å². The molecule has 3 N–H and O–H groups in total. The zero-order valence-electron chi connectivity index (χ0n) is 14.7. The highest BCUT2D eigenvalue weighted by atomic mass is 16.2. The second-order valence-electron chi connectivity index (χ2n) is 6.78. The quantitative estimate of drug-likeness (QED) is 0.712. The molecular weight excluding hydrogens is 348 g/mol. The summed E-state index contributed by atoms with van der Waals surface area (Å²) in [7, 11) is 0. The molecular formula is C19H18N4O4. The summed E-state index contributed by atoms with van der Waals surface area (Å²) in [5, 5.41) is 5.08.